The van der Waals surface area contributed by atoms with Crippen LogP contribution in [0.25, 0.3) is 0 Å². The van der Waals surface area contributed by atoms with E-state index in [1.54, 1.807) is 32.5 Å². The van der Waals surface area contributed by atoms with Gasteiger partial charge in [-0.05, 0) is 69.6 Å². The number of halogens is 2. The summed E-state index contributed by atoms with van der Waals surface area (Å²) in [5.41, 5.74) is 2.79. The predicted octanol–water partition coefficient (Wildman–Crippen LogP) is 3.13. The first kappa shape index (κ1) is 27.8. The maximum absolute atomic E-state index is 12.9. The van der Waals surface area contributed by atoms with Gasteiger partial charge in [0.1, 0.15) is 0 Å². The van der Waals surface area contributed by atoms with E-state index in [0.29, 0.717) is 17.1 Å². The Morgan fingerprint density at radius 3 is 2.50 bits per heavy atom. The van der Waals surface area contributed by atoms with Crippen LogP contribution in [0.1, 0.15) is 34.3 Å². The van der Waals surface area contributed by atoms with Gasteiger partial charge in [-0.3, -0.25) is 4.79 Å². The summed E-state index contributed by atoms with van der Waals surface area (Å²) in [6, 6.07) is 7.48. The first-order valence-electron chi connectivity index (χ1n) is 10.4. The Morgan fingerprint density at radius 1 is 1.12 bits per heavy atom. The highest BCUT2D eigenvalue weighted by atomic mass is 35.5. The van der Waals surface area contributed by atoms with Crippen molar-refractivity contribution in [2.45, 2.75) is 25.7 Å². The van der Waals surface area contributed by atoms with Crippen LogP contribution in [0.5, 0.6) is 11.5 Å². The lowest BCUT2D eigenvalue weighted by Crippen LogP contribution is -2.39. The molecule has 9 heteroatoms. The fourth-order valence-corrected chi connectivity index (χ4v) is 3.91. The largest absolute Gasteiger partial charge is 0.619 e. The summed E-state index contributed by atoms with van der Waals surface area (Å²) >= 11 is 0. The Labute approximate surface area is 202 Å². The molecule has 0 N–H and O–H groups in total. The van der Waals surface area contributed by atoms with E-state index in [4.69, 9.17) is 9.47 Å². The normalized spacial score (nSPS) is 12.6. The molecule has 1 amide bonds. The number of hydrogen-bond donors (Lipinski definition) is 0. The quantitative estimate of drug-likeness (QED) is 0.381. The molecule has 3 rings (SSSR count). The van der Waals surface area contributed by atoms with Crippen LogP contribution in [0.3, 0.4) is 0 Å². The minimum atomic E-state index is 0. The second-order valence-electron chi connectivity index (χ2n) is 7.74. The number of amides is 1. The molecular weight excluding hydrogens is 453 g/mol. The van der Waals surface area contributed by atoms with Gasteiger partial charge in [0.2, 0.25) is 0 Å². The number of ether oxygens (including phenoxy) is 2. The Balaban J connectivity index is 0.00000256. The van der Waals surface area contributed by atoms with Crippen molar-refractivity contribution in [1.82, 2.24) is 9.80 Å². The smallest absolute Gasteiger partial charge is 0.254 e. The molecule has 0 radical (unpaired) electrons. The monoisotopic (exact) mass is 485 g/mol. The van der Waals surface area contributed by atoms with Crippen molar-refractivity contribution >= 4 is 30.7 Å². The maximum Gasteiger partial charge on any atom is 0.254 e. The molecule has 0 atom stereocenters. The summed E-state index contributed by atoms with van der Waals surface area (Å²) in [4.78, 5) is 17.1. The zero-order valence-electron chi connectivity index (χ0n) is 18.9. The Hall–Kier alpha value is -2.22. The Morgan fingerprint density at radius 2 is 1.81 bits per heavy atom. The molecule has 2 heterocycles. The van der Waals surface area contributed by atoms with Crippen LogP contribution in [0.4, 0.5) is 0 Å². The van der Waals surface area contributed by atoms with Gasteiger partial charge in [-0.1, -0.05) is 0 Å². The van der Waals surface area contributed by atoms with Crippen LogP contribution < -0.4 is 14.2 Å². The van der Waals surface area contributed by atoms with Crippen molar-refractivity contribution in [3.63, 3.8) is 0 Å². The van der Waals surface area contributed by atoms with Gasteiger partial charge in [0.05, 0.1) is 14.2 Å². The summed E-state index contributed by atoms with van der Waals surface area (Å²) in [5, 5.41) is 11.3. The lowest BCUT2D eigenvalue weighted by molar-refractivity contribution is -0.605. The van der Waals surface area contributed by atoms with Gasteiger partial charge in [-0.2, -0.15) is 4.73 Å². The Kier molecular flexibility index (Phi) is 11.6. The van der Waals surface area contributed by atoms with E-state index in [0.717, 1.165) is 67.7 Å². The molecule has 1 aromatic carbocycles. The second-order valence-corrected chi connectivity index (χ2v) is 7.74. The summed E-state index contributed by atoms with van der Waals surface area (Å²) in [6.45, 7) is 3.36. The number of pyridine rings is 1. The first-order chi connectivity index (χ1) is 14.5. The van der Waals surface area contributed by atoms with Gasteiger partial charge in [-0.15, -0.1) is 24.8 Å². The maximum atomic E-state index is 12.9. The highest BCUT2D eigenvalue weighted by molar-refractivity contribution is 5.97. The number of hydrogen-bond acceptors (Lipinski definition) is 5. The lowest BCUT2D eigenvalue weighted by atomic mass is 9.98. The second kappa shape index (κ2) is 13.4. The SMILES string of the molecule is COc1cc2c(cc1OC)C(=O)N(CCCN(C)CCCc1ccc[n+]([O-])c1)CC2.Cl.Cl. The molecule has 0 aliphatic carbocycles. The van der Waals surface area contributed by atoms with Crippen LogP contribution in [0.15, 0.2) is 36.7 Å². The molecule has 2 aromatic rings. The summed E-state index contributed by atoms with van der Waals surface area (Å²) in [7, 11) is 5.29. The van der Waals surface area contributed by atoms with Crippen LogP contribution in [-0.4, -0.2) is 63.2 Å². The third kappa shape index (κ3) is 7.15. The zero-order valence-corrected chi connectivity index (χ0v) is 20.5. The summed E-state index contributed by atoms with van der Waals surface area (Å²) in [6.07, 6.45) is 6.77. The molecule has 1 aliphatic rings. The van der Waals surface area contributed by atoms with Crippen molar-refractivity contribution in [1.29, 1.82) is 0 Å². The van der Waals surface area contributed by atoms with Crippen molar-refractivity contribution in [3.8, 4) is 11.5 Å². The minimum absolute atomic E-state index is 0. The van der Waals surface area contributed by atoms with Gasteiger partial charge in [-0.25, -0.2) is 0 Å². The van der Waals surface area contributed by atoms with E-state index in [2.05, 4.69) is 11.9 Å². The van der Waals surface area contributed by atoms with Gasteiger partial charge in [0.25, 0.3) is 5.91 Å². The van der Waals surface area contributed by atoms with Crippen molar-refractivity contribution in [2.75, 3.05) is 47.4 Å². The highest BCUT2D eigenvalue weighted by Crippen LogP contribution is 2.33. The topological polar surface area (TPSA) is 69.0 Å². The number of rotatable bonds is 10. The molecule has 0 saturated carbocycles. The molecule has 0 saturated heterocycles. The summed E-state index contributed by atoms with van der Waals surface area (Å²) < 4.78 is 11.5. The zero-order chi connectivity index (χ0) is 21.5. The number of aryl methyl sites for hydroxylation is 1. The number of carbonyl (C=O) groups excluding carboxylic acids is 1. The molecule has 0 spiro atoms. The van der Waals surface area contributed by atoms with Crippen molar-refractivity contribution < 1.29 is 19.0 Å². The van der Waals surface area contributed by atoms with Crippen LogP contribution in [0, 0.1) is 5.21 Å². The van der Waals surface area contributed by atoms with Crippen molar-refractivity contribution in [2.24, 2.45) is 0 Å². The molecule has 32 heavy (non-hydrogen) atoms. The molecule has 1 aliphatic heterocycles. The average molecular weight is 486 g/mol. The van der Waals surface area contributed by atoms with E-state index in [1.165, 1.54) is 6.20 Å². The standard InChI is InChI=1S/C23H31N3O4.2ClH/c1-24(10-4-7-18-8-5-13-26(28)17-18)11-6-12-25-14-9-19-15-21(29-2)22(30-3)16-20(19)23(25)27;;/h5,8,13,15-17H,4,6-7,9-12,14H2,1-3H3;2*1H. The fourth-order valence-electron chi connectivity index (χ4n) is 3.91. The van der Waals surface area contributed by atoms with Gasteiger partial charge in [0.15, 0.2) is 23.9 Å². The van der Waals surface area contributed by atoms with E-state index >= 15 is 0 Å². The number of benzene rings is 1. The van der Waals surface area contributed by atoms with Gasteiger partial charge < -0.3 is 24.5 Å². The third-order valence-electron chi connectivity index (χ3n) is 5.59. The van der Waals surface area contributed by atoms with Gasteiger partial charge >= 0.3 is 0 Å². The van der Waals surface area contributed by atoms with Crippen LogP contribution >= 0.6 is 24.8 Å². The Bertz CT molecular complexity index is 882. The average Bonchev–Trinajstić information content (AvgIpc) is 2.74. The highest BCUT2D eigenvalue weighted by Gasteiger charge is 2.26. The van der Waals surface area contributed by atoms with E-state index in [9.17, 15) is 10.0 Å². The molecule has 0 bridgehead atoms. The number of carbonyl (C=O) groups is 1. The number of nitrogens with zero attached hydrogens (tertiary/aromatic N) is 3. The molecule has 178 valence electrons. The molecule has 1 aromatic heterocycles. The van der Waals surface area contributed by atoms with Crippen molar-refractivity contribution in [3.05, 3.63) is 58.6 Å². The van der Waals surface area contributed by atoms with E-state index < -0.39 is 0 Å². The van der Waals surface area contributed by atoms with E-state index in [-0.39, 0.29) is 30.7 Å². The third-order valence-corrected chi connectivity index (χ3v) is 5.59. The molecular formula is C23H33Cl2N3O4. The van der Waals surface area contributed by atoms with E-state index in [1.807, 2.05) is 17.0 Å². The van der Waals surface area contributed by atoms with Gasteiger partial charge in [0, 0.05) is 30.3 Å². The minimum Gasteiger partial charge on any atom is -0.619 e. The first-order valence-corrected chi connectivity index (χ1v) is 10.4. The molecule has 0 fully saturated rings. The molecule has 7 nitrogen and oxygen atoms in total. The summed E-state index contributed by atoms with van der Waals surface area (Å²) in [5.74, 6) is 1.32. The van der Waals surface area contributed by atoms with Crippen LogP contribution in [0.2, 0.25) is 0 Å². The number of methoxy groups -OCH3 is 2. The fraction of sp³-hybridized carbons (Fsp3) is 0.478. The number of aromatic nitrogens is 1. The number of fused-ring (bicyclic) bond motifs is 1. The molecule has 0 unspecified atom stereocenters. The van der Waals surface area contributed by atoms with Crippen LogP contribution in [-0.2, 0) is 12.8 Å². The predicted molar refractivity (Wildman–Crippen MR) is 129 cm³/mol. The lowest BCUT2D eigenvalue weighted by Gasteiger charge is -2.30.